The highest BCUT2D eigenvalue weighted by molar-refractivity contribution is 5.44. The van der Waals surface area contributed by atoms with E-state index in [2.05, 4.69) is 5.32 Å². The van der Waals surface area contributed by atoms with E-state index in [1.807, 2.05) is 25.2 Å². The Morgan fingerprint density at radius 3 is 2.70 bits per heavy atom. The molecule has 0 saturated heterocycles. The molecule has 0 saturated carbocycles. The van der Waals surface area contributed by atoms with Crippen molar-refractivity contribution >= 4 is 0 Å². The number of rotatable bonds is 7. The first-order valence-corrected chi connectivity index (χ1v) is 6.63. The molecule has 0 aliphatic carbocycles. The summed E-state index contributed by atoms with van der Waals surface area (Å²) in [5, 5.41) is 3.15. The molecule has 0 amide bonds. The van der Waals surface area contributed by atoms with Gasteiger partial charge in [-0.3, -0.25) is 0 Å². The van der Waals surface area contributed by atoms with Gasteiger partial charge in [0.2, 0.25) is 0 Å². The van der Waals surface area contributed by atoms with Crippen LogP contribution < -0.4 is 14.8 Å². The fourth-order valence-electron chi connectivity index (χ4n) is 2.13. The largest absolute Gasteiger partial charge is 0.486 e. The topological polar surface area (TPSA) is 39.7 Å². The molecular formula is C14H19F2NO3. The molecule has 6 heteroatoms. The van der Waals surface area contributed by atoms with Gasteiger partial charge in [0.05, 0.1) is 0 Å². The number of ether oxygens (including phenoxy) is 3. The van der Waals surface area contributed by atoms with Gasteiger partial charge in [-0.25, -0.2) is 8.78 Å². The molecule has 2 rings (SSSR count). The first-order chi connectivity index (χ1) is 9.70. The Balaban J connectivity index is 1.93. The molecule has 112 valence electrons. The van der Waals surface area contributed by atoms with E-state index in [-0.39, 0.29) is 12.6 Å². The maximum Gasteiger partial charge on any atom is 0.261 e. The average molecular weight is 287 g/mol. The van der Waals surface area contributed by atoms with Gasteiger partial charge < -0.3 is 19.5 Å². The molecule has 1 aliphatic heterocycles. The van der Waals surface area contributed by atoms with E-state index in [4.69, 9.17) is 14.2 Å². The van der Waals surface area contributed by atoms with Crippen molar-refractivity contribution in [1.29, 1.82) is 0 Å². The number of alkyl halides is 2. The van der Waals surface area contributed by atoms with Crippen LogP contribution in [-0.2, 0) is 4.74 Å². The van der Waals surface area contributed by atoms with Crippen molar-refractivity contribution in [3.8, 4) is 11.5 Å². The standard InChI is InChI=1S/C14H19F2NO3/c1-17-11(4-5-18-9-14(15)16)10-2-3-12-13(8-10)20-7-6-19-12/h2-3,8,11,14,17H,4-7,9H2,1H3. The zero-order valence-corrected chi connectivity index (χ0v) is 11.4. The van der Waals surface area contributed by atoms with Gasteiger partial charge in [-0.2, -0.15) is 0 Å². The average Bonchev–Trinajstić information content (AvgIpc) is 2.46. The zero-order chi connectivity index (χ0) is 14.4. The summed E-state index contributed by atoms with van der Waals surface area (Å²) in [5.41, 5.74) is 1.03. The van der Waals surface area contributed by atoms with Gasteiger partial charge in [-0.1, -0.05) is 6.07 Å². The van der Waals surface area contributed by atoms with E-state index in [1.54, 1.807) is 0 Å². The number of nitrogens with one attached hydrogen (secondary N) is 1. The molecule has 0 radical (unpaired) electrons. The summed E-state index contributed by atoms with van der Waals surface area (Å²) < 4.78 is 39.9. The third-order valence-electron chi connectivity index (χ3n) is 3.11. The first kappa shape index (κ1) is 15.0. The molecule has 1 unspecified atom stereocenters. The molecule has 4 nitrogen and oxygen atoms in total. The fraction of sp³-hybridized carbons (Fsp3) is 0.571. The summed E-state index contributed by atoms with van der Waals surface area (Å²) in [7, 11) is 1.83. The van der Waals surface area contributed by atoms with Crippen molar-refractivity contribution in [3.63, 3.8) is 0 Å². The van der Waals surface area contributed by atoms with Crippen molar-refractivity contribution in [1.82, 2.24) is 5.32 Å². The second-order valence-corrected chi connectivity index (χ2v) is 4.50. The van der Waals surface area contributed by atoms with Crippen LogP contribution >= 0.6 is 0 Å². The Labute approximate surface area is 117 Å². The van der Waals surface area contributed by atoms with Crippen LogP contribution in [0.25, 0.3) is 0 Å². The lowest BCUT2D eigenvalue weighted by Gasteiger charge is -2.22. The lowest BCUT2D eigenvalue weighted by Crippen LogP contribution is -2.20. The third-order valence-corrected chi connectivity index (χ3v) is 3.11. The summed E-state index contributed by atoms with van der Waals surface area (Å²) in [6.07, 6.45) is -1.81. The van der Waals surface area contributed by atoms with Gasteiger partial charge >= 0.3 is 0 Å². The summed E-state index contributed by atoms with van der Waals surface area (Å²) in [4.78, 5) is 0. The lowest BCUT2D eigenvalue weighted by atomic mass is 10.0. The fourth-order valence-corrected chi connectivity index (χ4v) is 2.13. The van der Waals surface area contributed by atoms with E-state index < -0.39 is 13.0 Å². The molecule has 1 aromatic rings. The minimum absolute atomic E-state index is 0.0310. The molecule has 1 aliphatic rings. The highest BCUT2D eigenvalue weighted by atomic mass is 19.3. The Morgan fingerprint density at radius 1 is 1.25 bits per heavy atom. The van der Waals surface area contributed by atoms with Gasteiger partial charge in [0.1, 0.15) is 19.8 Å². The van der Waals surface area contributed by atoms with Gasteiger partial charge in [0.15, 0.2) is 11.5 Å². The van der Waals surface area contributed by atoms with Crippen molar-refractivity contribution < 1.29 is 23.0 Å². The van der Waals surface area contributed by atoms with Crippen molar-refractivity contribution in [2.75, 3.05) is 33.5 Å². The van der Waals surface area contributed by atoms with E-state index >= 15 is 0 Å². The normalized spacial score (nSPS) is 15.4. The highest BCUT2D eigenvalue weighted by Crippen LogP contribution is 2.33. The molecular weight excluding hydrogens is 268 g/mol. The minimum Gasteiger partial charge on any atom is -0.486 e. The molecule has 0 bridgehead atoms. The van der Waals surface area contributed by atoms with Crippen molar-refractivity contribution in [2.24, 2.45) is 0 Å². The summed E-state index contributed by atoms with van der Waals surface area (Å²) in [6.45, 7) is 0.864. The van der Waals surface area contributed by atoms with Crippen LogP contribution in [0.15, 0.2) is 18.2 Å². The molecule has 1 atom stereocenters. The van der Waals surface area contributed by atoms with Gasteiger partial charge in [-0.15, -0.1) is 0 Å². The molecule has 0 aromatic heterocycles. The van der Waals surface area contributed by atoms with E-state index in [9.17, 15) is 8.78 Å². The van der Waals surface area contributed by atoms with Crippen LogP contribution in [0.4, 0.5) is 8.78 Å². The van der Waals surface area contributed by atoms with Crippen LogP contribution in [0.3, 0.4) is 0 Å². The van der Waals surface area contributed by atoms with Crippen LogP contribution in [0.2, 0.25) is 0 Å². The van der Waals surface area contributed by atoms with Gasteiger partial charge in [0, 0.05) is 12.6 Å². The van der Waals surface area contributed by atoms with E-state index in [0.717, 1.165) is 17.1 Å². The number of hydrogen-bond donors (Lipinski definition) is 1. The third kappa shape index (κ3) is 4.05. The monoisotopic (exact) mass is 287 g/mol. The van der Waals surface area contributed by atoms with E-state index in [0.29, 0.717) is 19.6 Å². The van der Waals surface area contributed by atoms with Crippen LogP contribution in [0.5, 0.6) is 11.5 Å². The predicted octanol–water partition coefficient (Wildman–Crippen LogP) is 2.39. The molecule has 1 heterocycles. The SMILES string of the molecule is CNC(CCOCC(F)F)c1ccc2c(c1)OCCO2. The summed E-state index contributed by atoms with van der Waals surface area (Å²) >= 11 is 0. The number of hydrogen-bond acceptors (Lipinski definition) is 4. The van der Waals surface area contributed by atoms with Crippen molar-refractivity contribution in [3.05, 3.63) is 23.8 Å². The van der Waals surface area contributed by atoms with Crippen LogP contribution in [0, 0.1) is 0 Å². The summed E-state index contributed by atoms with van der Waals surface area (Å²) in [5.74, 6) is 1.46. The predicted molar refractivity (Wildman–Crippen MR) is 70.7 cm³/mol. The second-order valence-electron chi connectivity index (χ2n) is 4.50. The Hall–Kier alpha value is -1.40. The smallest absolute Gasteiger partial charge is 0.261 e. The van der Waals surface area contributed by atoms with Gasteiger partial charge in [-0.05, 0) is 31.2 Å². The van der Waals surface area contributed by atoms with Crippen molar-refractivity contribution in [2.45, 2.75) is 18.9 Å². The Bertz CT molecular complexity index is 429. The lowest BCUT2D eigenvalue weighted by molar-refractivity contribution is 0.0145. The molecule has 1 N–H and O–H groups in total. The van der Waals surface area contributed by atoms with Crippen LogP contribution in [-0.4, -0.2) is 39.9 Å². The van der Waals surface area contributed by atoms with Gasteiger partial charge in [0.25, 0.3) is 6.43 Å². The first-order valence-electron chi connectivity index (χ1n) is 6.63. The molecule has 20 heavy (non-hydrogen) atoms. The highest BCUT2D eigenvalue weighted by Gasteiger charge is 2.16. The Morgan fingerprint density at radius 2 is 2.00 bits per heavy atom. The number of fused-ring (bicyclic) bond motifs is 1. The summed E-state index contributed by atoms with van der Waals surface area (Å²) in [6, 6.07) is 5.77. The maximum absolute atomic E-state index is 12.0. The maximum atomic E-state index is 12.0. The molecule has 0 fully saturated rings. The Kier molecular flexibility index (Phi) is 5.55. The van der Waals surface area contributed by atoms with E-state index in [1.165, 1.54) is 0 Å². The molecule has 0 spiro atoms. The quantitative estimate of drug-likeness (QED) is 0.782. The molecule has 1 aromatic carbocycles. The number of benzene rings is 1. The number of halogens is 2. The zero-order valence-electron chi connectivity index (χ0n) is 11.4. The van der Waals surface area contributed by atoms with Crippen LogP contribution in [0.1, 0.15) is 18.0 Å². The minimum atomic E-state index is -2.42. The second kappa shape index (κ2) is 7.40.